The van der Waals surface area contributed by atoms with Crippen molar-refractivity contribution in [1.82, 2.24) is 9.47 Å². The first-order valence-electron chi connectivity index (χ1n) is 6.73. The Balaban J connectivity index is 1.95. The van der Waals surface area contributed by atoms with Crippen LogP contribution in [0.3, 0.4) is 0 Å². The summed E-state index contributed by atoms with van der Waals surface area (Å²) >= 11 is 3.28. The number of hydrogen-bond donors (Lipinski definition) is 0. The van der Waals surface area contributed by atoms with Crippen LogP contribution in [0.1, 0.15) is 12.8 Å². The summed E-state index contributed by atoms with van der Waals surface area (Å²) < 4.78 is 6.84. The zero-order valence-electron chi connectivity index (χ0n) is 11.8. The molecule has 2 heterocycles. The topological polar surface area (TPSA) is 68.6 Å². The lowest BCUT2D eigenvalue weighted by molar-refractivity contribution is -0.149. The molecule has 1 aliphatic heterocycles. The Kier molecular flexibility index (Phi) is 5.17. The number of esters is 1. The van der Waals surface area contributed by atoms with Crippen molar-refractivity contribution in [1.29, 1.82) is 0 Å². The fourth-order valence-electron chi connectivity index (χ4n) is 2.40. The van der Waals surface area contributed by atoms with Crippen LogP contribution < -0.4 is 5.56 Å². The molecule has 0 atom stereocenters. The Morgan fingerprint density at radius 2 is 2.00 bits per heavy atom. The summed E-state index contributed by atoms with van der Waals surface area (Å²) in [6.07, 6.45) is 2.80. The van der Waals surface area contributed by atoms with Crippen LogP contribution in [0.5, 0.6) is 0 Å². The van der Waals surface area contributed by atoms with Gasteiger partial charge in [-0.25, -0.2) is 0 Å². The molecule has 1 aliphatic rings. The van der Waals surface area contributed by atoms with E-state index in [-0.39, 0.29) is 29.9 Å². The Labute approximate surface area is 130 Å². The molecule has 0 radical (unpaired) electrons. The quantitative estimate of drug-likeness (QED) is 0.758. The van der Waals surface area contributed by atoms with Crippen LogP contribution in [0, 0.1) is 5.92 Å². The molecule has 0 aromatic carbocycles. The number of hydrogen-bond acceptors (Lipinski definition) is 4. The number of nitrogens with zero attached hydrogens (tertiary/aromatic N) is 2. The smallest absolute Gasteiger partial charge is 0.308 e. The average molecular weight is 357 g/mol. The third-order valence-corrected chi connectivity index (χ3v) is 4.10. The van der Waals surface area contributed by atoms with Gasteiger partial charge in [-0.3, -0.25) is 14.4 Å². The maximum atomic E-state index is 12.2. The van der Waals surface area contributed by atoms with Gasteiger partial charge in [-0.15, -0.1) is 0 Å². The van der Waals surface area contributed by atoms with E-state index in [9.17, 15) is 14.4 Å². The van der Waals surface area contributed by atoms with Gasteiger partial charge in [0, 0.05) is 29.8 Å². The molecular weight excluding hydrogens is 340 g/mol. The SMILES string of the molecule is COC(=O)C1CCN(C(=O)Cn2cc(Br)ccc2=O)CC1. The first-order chi connectivity index (χ1) is 10.0. The minimum Gasteiger partial charge on any atom is -0.469 e. The molecule has 0 N–H and O–H groups in total. The number of methoxy groups -OCH3 is 1. The summed E-state index contributed by atoms with van der Waals surface area (Å²) in [6, 6.07) is 3.06. The molecule has 7 heteroatoms. The maximum absolute atomic E-state index is 12.2. The second kappa shape index (κ2) is 6.89. The van der Waals surface area contributed by atoms with Crippen molar-refractivity contribution in [2.24, 2.45) is 5.92 Å². The van der Waals surface area contributed by atoms with E-state index < -0.39 is 0 Å². The number of halogens is 1. The normalized spacial score (nSPS) is 15.8. The average Bonchev–Trinajstić information content (AvgIpc) is 2.50. The van der Waals surface area contributed by atoms with E-state index in [1.165, 1.54) is 17.7 Å². The van der Waals surface area contributed by atoms with E-state index in [4.69, 9.17) is 4.74 Å². The van der Waals surface area contributed by atoms with Crippen molar-refractivity contribution in [3.8, 4) is 0 Å². The highest BCUT2D eigenvalue weighted by Gasteiger charge is 2.27. The first-order valence-corrected chi connectivity index (χ1v) is 7.52. The molecule has 1 fully saturated rings. The third-order valence-electron chi connectivity index (χ3n) is 3.64. The number of piperidine rings is 1. The fourth-order valence-corrected chi connectivity index (χ4v) is 2.78. The number of rotatable bonds is 3. The van der Waals surface area contributed by atoms with Crippen molar-refractivity contribution < 1.29 is 14.3 Å². The molecule has 0 spiro atoms. The lowest BCUT2D eigenvalue weighted by Gasteiger charge is -2.30. The summed E-state index contributed by atoms with van der Waals surface area (Å²) in [5.41, 5.74) is -0.212. The summed E-state index contributed by atoms with van der Waals surface area (Å²) in [4.78, 5) is 37.0. The van der Waals surface area contributed by atoms with Gasteiger partial charge in [-0.1, -0.05) is 0 Å². The van der Waals surface area contributed by atoms with Crippen molar-refractivity contribution in [2.75, 3.05) is 20.2 Å². The van der Waals surface area contributed by atoms with Crippen LogP contribution in [-0.2, 0) is 20.9 Å². The first kappa shape index (κ1) is 15.8. The van der Waals surface area contributed by atoms with E-state index >= 15 is 0 Å². The van der Waals surface area contributed by atoms with Crippen LogP contribution in [0.25, 0.3) is 0 Å². The van der Waals surface area contributed by atoms with Gasteiger partial charge in [0.05, 0.1) is 13.0 Å². The molecule has 0 bridgehead atoms. The Hall–Kier alpha value is -1.63. The number of amides is 1. The number of carbonyl (C=O) groups is 2. The molecule has 6 nitrogen and oxygen atoms in total. The van der Waals surface area contributed by atoms with Gasteiger partial charge in [0.2, 0.25) is 5.91 Å². The zero-order valence-corrected chi connectivity index (χ0v) is 13.3. The van der Waals surface area contributed by atoms with Gasteiger partial charge < -0.3 is 14.2 Å². The number of likely N-dealkylation sites (tertiary alicyclic amines) is 1. The second-order valence-corrected chi connectivity index (χ2v) is 5.91. The van der Waals surface area contributed by atoms with E-state index in [1.54, 1.807) is 17.2 Å². The van der Waals surface area contributed by atoms with E-state index in [0.29, 0.717) is 25.9 Å². The largest absolute Gasteiger partial charge is 0.469 e. The molecule has 21 heavy (non-hydrogen) atoms. The highest BCUT2D eigenvalue weighted by molar-refractivity contribution is 9.10. The lowest BCUT2D eigenvalue weighted by Crippen LogP contribution is -2.42. The molecule has 1 saturated heterocycles. The van der Waals surface area contributed by atoms with Crippen LogP contribution in [0.15, 0.2) is 27.6 Å². The molecular formula is C14H17BrN2O4. The van der Waals surface area contributed by atoms with Crippen molar-refractivity contribution in [3.05, 3.63) is 33.2 Å². The second-order valence-electron chi connectivity index (χ2n) is 4.99. The molecule has 0 aliphatic carbocycles. The third kappa shape index (κ3) is 3.93. The Bertz CT molecular complexity index is 591. The molecule has 1 aromatic rings. The Morgan fingerprint density at radius 3 is 2.62 bits per heavy atom. The van der Waals surface area contributed by atoms with Gasteiger partial charge in [0.1, 0.15) is 6.54 Å². The lowest BCUT2D eigenvalue weighted by atomic mass is 9.97. The number of ether oxygens (including phenoxy) is 1. The molecule has 114 valence electrons. The predicted octanol–water partition coefficient (Wildman–Crippen LogP) is 1.02. The zero-order chi connectivity index (χ0) is 15.4. The minimum atomic E-state index is -0.217. The number of carbonyl (C=O) groups excluding carboxylic acids is 2. The highest BCUT2D eigenvalue weighted by Crippen LogP contribution is 2.18. The van der Waals surface area contributed by atoms with Crippen LogP contribution >= 0.6 is 15.9 Å². The molecule has 1 amide bonds. The van der Waals surface area contributed by atoms with Crippen LogP contribution in [0.4, 0.5) is 0 Å². The Morgan fingerprint density at radius 1 is 1.33 bits per heavy atom. The highest BCUT2D eigenvalue weighted by atomic mass is 79.9. The van der Waals surface area contributed by atoms with E-state index in [2.05, 4.69) is 15.9 Å². The summed E-state index contributed by atoms with van der Waals surface area (Å²) in [6.45, 7) is 1.05. The molecule has 0 saturated carbocycles. The van der Waals surface area contributed by atoms with Crippen molar-refractivity contribution >= 4 is 27.8 Å². The van der Waals surface area contributed by atoms with Crippen LogP contribution in [0.2, 0.25) is 0 Å². The van der Waals surface area contributed by atoms with Gasteiger partial charge in [0.25, 0.3) is 5.56 Å². The fraction of sp³-hybridized carbons (Fsp3) is 0.500. The maximum Gasteiger partial charge on any atom is 0.308 e. The number of aromatic nitrogens is 1. The summed E-state index contributed by atoms with van der Waals surface area (Å²) in [5, 5.41) is 0. The van der Waals surface area contributed by atoms with Gasteiger partial charge in [-0.05, 0) is 34.8 Å². The summed E-state index contributed by atoms with van der Waals surface area (Å²) in [7, 11) is 1.37. The van der Waals surface area contributed by atoms with E-state index in [1.807, 2.05) is 0 Å². The van der Waals surface area contributed by atoms with E-state index in [0.717, 1.165) is 4.47 Å². The minimum absolute atomic E-state index is 0.0150. The van der Waals surface area contributed by atoms with Crippen molar-refractivity contribution in [3.63, 3.8) is 0 Å². The number of pyridine rings is 1. The van der Waals surface area contributed by atoms with Crippen LogP contribution in [-0.4, -0.2) is 41.5 Å². The van der Waals surface area contributed by atoms with Crippen molar-refractivity contribution in [2.45, 2.75) is 19.4 Å². The molecule has 0 unspecified atom stereocenters. The van der Waals surface area contributed by atoms with Gasteiger partial charge in [-0.2, -0.15) is 0 Å². The van der Waals surface area contributed by atoms with Gasteiger partial charge >= 0.3 is 5.97 Å². The summed E-state index contributed by atoms with van der Waals surface area (Å²) in [5.74, 6) is -0.462. The monoisotopic (exact) mass is 356 g/mol. The molecule has 2 rings (SSSR count). The standard InChI is InChI=1S/C14H17BrN2O4/c1-21-14(20)10-4-6-16(7-5-10)13(19)9-17-8-11(15)2-3-12(17)18/h2-3,8,10H,4-7,9H2,1H3. The van der Waals surface area contributed by atoms with Gasteiger partial charge in [0.15, 0.2) is 0 Å². The predicted molar refractivity (Wildman–Crippen MR) is 79.7 cm³/mol. The molecule has 1 aromatic heterocycles.